The number of ether oxygens (including phenoxy) is 1. The van der Waals surface area contributed by atoms with Crippen LogP contribution in [0.3, 0.4) is 0 Å². The normalized spacial score (nSPS) is 20.5. The number of H-pyrrole nitrogens is 2. The first-order chi connectivity index (χ1) is 13.8. The highest BCUT2D eigenvalue weighted by Crippen LogP contribution is 2.34. The van der Waals surface area contributed by atoms with Gasteiger partial charge in [0.05, 0.1) is 23.9 Å². The standard InChI is InChI=1S/C19H21F3N4O3/c20-19(21,22)6-8-29-10-11-1-3-12(4-2-11)26-15-13-5-7-23-16(13)24-9-14(15)17(27)25-18(26)28/h5,7,9,11-12H,1-4,6,8,10H2,(H,23,24)(H,25,27,28). The van der Waals surface area contributed by atoms with Crippen LogP contribution in [0.2, 0.25) is 0 Å². The summed E-state index contributed by atoms with van der Waals surface area (Å²) in [7, 11) is 0. The first-order valence-electron chi connectivity index (χ1n) is 9.58. The van der Waals surface area contributed by atoms with Crippen molar-refractivity contribution in [2.45, 2.75) is 44.3 Å². The van der Waals surface area contributed by atoms with Crippen molar-refractivity contribution in [3.8, 4) is 0 Å². The summed E-state index contributed by atoms with van der Waals surface area (Å²) < 4.78 is 43.4. The molecule has 0 aliphatic heterocycles. The molecular weight excluding hydrogens is 389 g/mol. The Bertz CT molecular complexity index is 1120. The number of nitrogens with zero attached hydrogens (tertiary/aromatic N) is 2. The summed E-state index contributed by atoms with van der Waals surface area (Å²) in [5.74, 6) is 0.165. The summed E-state index contributed by atoms with van der Waals surface area (Å²) in [5.41, 5.74) is 0.238. The van der Waals surface area contributed by atoms with E-state index in [1.54, 1.807) is 16.8 Å². The average molecular weight is 410 g/mol. The monoisotopic (exact) mass is 410 g/mol. The van der Waals surface area contributed by atoms with Crippen LogP contribution in [0.1, 0.15) is 38.1 Å². The summed E-state index contributed by atoms with van der Waals surface area (Å²) >= 11 is 0. The highest BCUT2D eigenvalue weighted by molar-refractivity contribution is 6.01. The average Bonchev–Trinajstić information content (AvgIpc) is 3.14. The van der Waals surface area contributed by atoms with E-state index in [4.69, 9.17) is 4.74 Å². The number of rotatable bonds is 5. The van der Waals surface area contributed by atoms with E-state index < -0.39 is 23.8 Å². The molecule has 0 aromatic carbocycles. The molecule has 3 aromatic heterocycles. The second-order valence-corrected chi connectivity index (χ2v) is 7.50. The van der Waals surface area contributed by atoms with Gasteiger partial charge in [-0.15, -0.1) is 0 Å². The fourth-order valence-corrected chi connectivity index (χ4v) is 4.10. The number of aromatic amines is 2. The van der Waals surface area contributed by atoms with Crippen LogP contribution in [0.15, 0.2) is 28.0 Å². The largest absolute Gasteiger partial charge is 0.391 e. The number of halogens is 3. The van der Waals surface area contributed by atoms with Gasteiger partial charge in [-0.1, -0.05) is 0 Å². The van der Waals surface area contributed by atoms with Crippen molar-refractivity contribution in [2.24, 2.45) is 5.92 Å². The second kappa shape index (κ2) is 7.66. The van der Waals surface area contributed by atoms with Gasteiger partial charge in [0.15, 0.2) is 0 Å². The Morgan fingerprint density at radius 1 is 1.17 bits per heavy atom. The zero-order valence-corrected chi connectivity index (χ0v) is 15.6. The number of hydrogen-bond acceptors (Lipinski definition) is 4. The fraction of sp³-hybridized carbons (Fsp3) is 0.526. The lowest BCUT2D eigenvalue weighted by atomic mass is 9.86. The third kappa shape index (κ3) is 4.07. The van der Waals surface area contributed by atoms with Crippen molar-refractivity contribution in [3.63, 3.8) is 0 Å². The molecule has 0 spiro atoms. The third-order valence-electron chi connectivity index (χ3n) is 5.55. The molecule has 1 aliphatic carbocycles. The van der Waals surface area contributed by atoms with E-state index in [9.17, 15) is 22.8 Å². The summed E-state index contributed by atoms with van der Waals surface area (Å²) in [6, 6.07) is 1.69. The van der Waals surface area contributed by atoms with Gasteiger partial charge in [-0.2, -0.15) is 13.2 Å². The first-order valence-corrected chi connectivity index (χ1v) is 9.58. The molecule has 1 saturated carbocycles. The Labute approximate surface area is 162 Å². The van der Waals surface area contributed by atoms with E-state index in [0.717, 1.165) is 12.8 Å². The van der Waals surface area contributed by atoms with Gasteiger partial charge in [0.25, 0.3) is 5.56 Å². The lowest BCUT2D eigenvalue weighted by Crippen LogP contribution is -2.35. The predicted molar refractivity (Wildman–Crippen MR) is 101 cm³/mol. The van der Waals surface area contributed by atoms with E-state index in [2.05, 4.69) is 15.0 Å². The van der Waals surface area contributed by atoms with Crippen molar-refractivity contribution in [1.82, 2.24) is 19.5 Å². The van der Waals surface area contributed by atoms with Crippen LogP contribution in [0.5, 0.6) is 0 Å². The Kier molecular flexibility index (Phi) is 5.20. The van der Waals surface area contributed by atoms with Gasteiger partial charge in [-0.3, -0.25) is 14.3 Å². The summed E-state index contributed by atoms with van der Waals surface area (Å²) in [6.45, 7) is -0.0397. The molecule has 7 nitrogen and oxygen atoms in total. The molecule has 2 N–H and O–H groups in total. The molecule has 1 aliphatic rings. The maximum absolute atomic E-state index is 12.7. The van der Waals surface area contributed by atoms with Gasteiger partial charge in [0, 0.05) is 30.4 Å². The van der Waals surface area contributed by atoms with Crippen LogP contribution in [0.25, 0.3) is 21.9 Å². The summed E-state index contributed by atoms with van der Waals surface area (Å²) in [5, 5.41) is 1.07. The van der Waals surface area contributed by atoms with Crippen molar-refractivity contribution >= 4 is 21.9 Å². The number of hydrogen-bond donors (Lipinski definition) is 2. The van der Waals surface area contributed by atoms with E-state index >= 15 is 0 Å². The molecule has 29 heavy (non-hydrogen) atoms. The van der Waals surface area contributed by atoms with Crippen molar-refractivity contribution in [2.75, 3.05) is 13.2 Å². The highest BCUT2D eigenvalue weighted by Gasteiger charge is 2.28. The fourth-order valence-electron chi connectivity index (χ4n) is 4.10. The van der Waals surface area contributed by atoms with Crippen LogP contribution >= 0.6 is 0 Å². The molecule has 0 atom stereocenters. The van der Waals surface area contributed by atoms with Gasteiger partial charge < -0.3 is 9.72 Å². The molecule has 0 amide bonds. The van der Waals surface area contributed by atoms with Gasteiger partial charge in [-0.05, 0) is 37.7 Å². The number of pyridine rings is 1. The molecule has 3 aromatic rings. The van der Waals surface area contributed by atoms with Crippen molar-refractivity contribution < 1.29 is 17.9 Å². The maximum atomic E-state index is 12.7. The zero-order valence-electron chi connectivity index (χ0n) is 15.6. The molecule has 156 valence electrons. The first kappa shape index (κ1) is 19.7. The summed E-state index contributed by atoms with van der Waals surface area (Å²) in [6.07, 6.45) is 0.872. The van der Waals surface area contributed by atoms with E-state index in [0.29, 0.717) is 34.8 Å². The molecule has 0 saturated heterocycles. The highest BCUT2D eigenvalue weighted by atomic mass is 19.4. The number of nitrogens with one attached hydrogen (secondary N) is 2. The third-order valence-corrected chi connectivity index (χ3v) is 5.55. The second-order valence-electron chi connectivity index (χ2n) is 7.50. The molecule has 3 heterocycles. The predicted octanol–water partition coefficient (Wildman–Crippen LogP) is 3.27. The van der Waals surface area contributed by atoms with Gasteiger partial charge >= 0.3 is 11.9 Å². The van der Waals surface area contributed by atoms with Crippen LogP contribution in [-0.2, 0) is 4.74 Å². The lowest BCUT2D eigenvalue weighted by molar-refractivity contribution is -0.146. The quantitative estimate of drug-likeness (QED) is 0.632. The lowest BCUT2D eigenvalue weighted by Gasteiger charge is -2.30. The molecule has 1 fully saturated rings. The SMILES string of the molecule is O=c1[nH]c(=O)n(C2CCC(COCCC(F)(F)F)CC2)c2c1cnc1[nH]ccc12. The molecule has 0 bridgehead atoms. The minimum atomic E-state index is -4.21. The zero-order chi connectivity index (χ0) is 20.6. The maximum Gasteiger partial charge on any atom is 0.391 e. The Morgan fingerprint density at radius 3 is 2.66 bits per heavy atom. The Morgan fingerprint density at radius 2 is 1.93 bits per heavy atom. The molecule has 4 rings (SSSR count). The minimum Gasteiger partial charge on any atom is -0.381 e. The van der Waals surface area contributed by atoms with E-state index in [1.165, 1.54) is 6.20 Å². The number of alkyl halides is 3. The van der Waals surface area contributed by atoms with E-state index in [1.807, 2.05) is 0 Å². The summed E-state index contributed by atoms with van der Waals surface area (Å²) in [4.78, 5) is 34.5. The molecule has 0 radical (unpaired) electrons. The molecule has 0 unspecified atom stereocenters. The smallest absolute Gasteiger partial charge is 0.381 e. The van der Waals surface area contributed by atoms with Crippen LogP contribution in [0.4, 0.5) is 13.2 Å². The van der Waals surface area contributed by atoms with Crippen LogP contribution < -0.4 is 11.2 Å². The Balaban J connectivity index is 1.52. The Hall–Kier alpha value is -2.62. The van der Waals surface area contributed by atoms with Gasteiger partial charge in [0.2, 0.25) is 0 Å². The van der Waals surface area contributed by atoms with Crippen molar-refractivity contribution in [3.05, 3.63) is 39.3 Å². The number of fused-ring (bicyclic) bond motifs is 3. The van der Waals surface area contributed by atoms with Gasteiger partial charge in [-0.25, -0.2) is 9.78 Å². The van der Waals surface area contributed by atoms with Crippen molar-refractivity contribution in [1.29, 1.82) is 0 Å². The molecular formula is C19H21F3N4O3. The van der Waals surface area contributed by atoms with Crippen LogP contribution in [0, 0.1) is 5.92 Å². The topological polar surface area (TPSA) is 92.8 Å². The van der Waals surface area contributed by atoms with Crippen LogP contribution in [-0.4, -0.2) is 38.9 Å². The number of aromatic nitrogens is 4. The molecule has 10 heteroatoms. The minimum absolute atomic E-state index is 0.103. The van der Waals surface area contributed by atoms with Gasteiger partial charge in [0.1, 0.15) is 5.65 Å². The van der Waals surface area contributed by atoms with E-state index in [-0.39, 0.29) is 25.2 Å².